The third-order valence-electron chi connectivity index (χ3n) is 22.5. The van der Waals surface area contributed by atoms with Crippen molar-refractivity contribution in [3.63, 3.8) is 0 Å². The average molecular weight is 1160 g/mol. The molecule has 0 atom stereocenters. The van der Waals surface area contributed by atoms with Gasteiger partial charge in [-0.1, -0.05) is 179 Å². The molecule has 15 rings (SSSR count). The molecule has 0 unspecified atom stereocenters. The molecule has 8 aromatic carbocycles. The largest absolute Gasteiger partial charge is 0.468 e. The zero-order valence-corrected chi connectivity index (χ0v) is 55.8. The van der Waals surface area contributed by atoms with Crippen molar-refractivity contribution in [2.75, 3.05) is 14.7 Å². The summed E-state index contributed by atoms with van der Waals surface area (Å²) in [6.45, 7) is 43.3. The number of hydrogen-bond donors (Lipinski definition) is 0. The van der Waals surface area contributed by atoms with E-state index >= 15 is 0 Å². The maximum absolute atomic E-state index is 7.82. The summed E-state index contributed by atoms with van der Waals surface area (Å²) >= 11 is 0. The van der Waals surface area contributed by atoms with E-state index in [1.807, 2.05) is 0 Å². The van der Waals surface area contributed by atoms with Crippen LogP contribution < -0.4 is 31.3 Å². The molecule has 5 nitrogen and oxygen atoms in total. The Labute approximate surface area is 524 Å². The number of hydrogen-bond acceptors (Lipinski definition) is 5. The van der Waals surface area contributed by atoms with Crippen molar-refractivity contribution < 1.29 is 8.83 Å². The van der Waals surface area contributed by atoms with Crippen molar-refractivity contribution in [3.05, 3.63) is 190 Å². The summed E-state index contributed by atoms with van der Waals surface area (Å²) in [5, 5.41) is 3.34. The lowest BCUT2D eigenvalue weighted by molar-refractivity contribution is 0.332. The van der Waals surface area contributed by atoms with Gasteiger partial charge >= 0.3 is 0 Å². The number of para-hydroxylation sites is 1. The Morgan fingerprint density at radius 3 is 1.44 bits per heavy atom. The molecule has 0 saturated carbocycles. The van der Waals surface area contributed by atoms with E-state index in [1.165, 1.54) is 78.2 Å². The summed E-state index contributed by atoms with van der Waals surface area (Å²) < 4.78 is 14.4. The SMILES string of the molecule is CC(C)(C)c1ccc(N(c2cc3c4c(c2)N(c2ccc5c(c2)C(C)(C)CCC5(C)C)c2c(oc5cc(C(C)(C)C)ccc25)B4c2cc4c(cc2N3c2ccc3c(c2)C(C)(C)CCC3(C)C)C(C)(C)CCC4(C)C)c2ccc3oc4ccccc4c3c2)cc1. The molecule has 0 spiro atoms. The van der Waals surface area contributed by atoms with Gasteiger partial charge in [0.2, 0.25) is 0 Å². The van der Waals surface area contributed by atoms with Gasteiger partial charge in [0.05, 0.1) is 17.0 Å². The van der Waals surface area contributed by atoms with Crippen LogP contribution in [0.5, 0.6) is 0 Å². The summed E-state index contributed by atoms with van der Waals surface area (Å²) in [7, 11) is 0. The highest BCUT2D eigenvalue weighted by atomic mass is 16.3. The van der Waals surface area contributed by atoms with Crippen LogP contribution in [0.15, 0.2) is 154 Å². The van der Waals surface area contributed by atoms with E-state index < -0.39 is 0 Å². The molecule has 5 aliphatic rings. The van der Waals surface area contributed by atoms with Gasteiger partial charge in [-0.15, -0.1) is 0 Å². The van der Waals surface area contributed by atoms with Crippen molar-refractivity contribution in [1.82, 2.24) is 0 Å². The molecular weight excluding hydrogens is 1070 g/mol. The molecular formula is C82H90BN3O2. The fourth-order valence-corrected chi connectivity index (χ4v) is 16.5. The number of fused-ring (bicyclic) bond motifs is 12. The second-order valence-electron chi connectivity index (χ2n) is 33.4. The molecule has 88 heavy (non-hydrogen) atoms. The molecule has 0 radical (unpaired) electrons. The zero-order chi connectivity index (χ0) is 61.9. The van der Waals surface area contributed by atoms with Crippen LogP contribution in [0, 0.1) is 0 Å². The van der Waals surface area contributed by atoms with Gasteiger partial charge in [0.15, 0.2) is 0 Å². The highest BCUT2D eigenvalue weighted by molar-refractivity contribution is 7.00. The minimum atomic E-state index is -0.234. The lowest BCUT2D eigenvalue weighted by Gasteiger charge is -2.47. The highest BCUT2D eigenvalue weighted by Crippen LogP contribution is 2.56. The molecule has 3 aliphatic carbocycles. The number of furan rings is 2. The predicted molar refractivity (Wildman–Crippen MR) is 375 cm³/mol. The van der Waals surface area contributed by atoms with Gasteiger partial charge in [-0.05, 0) is 228 Å². The van der Waals surface area contributed by atoms with Crippen LogP contribution in [-0.2, 0) is 43.3 Å². The van der Waals surface area contributed by atoms with Crippen LogP contribution in [0.3, 0.4) is 0 Å². The Morgan fingerprint density at radius 2 is 0.864 bits per heavy atom. The fraction of sp³-hybridized carbons (Fsp3) is 0.390. The lowest BCUT2D eigenvalue weighted by atomic mass is 9.35. The van der Waals surface area contributed by atoms with Crippen LogP contribution in [0.2, 0.25) is 0 Å². The van der Waals surface area contributed by atoms with Crippen LogP contribution >= 0.6 is 0 Å². The van der Waals surface area contributed by atoms with Crippen molar-refractivity contribution in [2.24, 2.45) is 0 Å². The molecule has 6 heteroatoms. The monoisotopic (exact) mass is 1160 g/mol. The molecule has 10 aromatic rings. The van der Waals surface area contributed by atoms with E-state index in [1.54, 1.807) is 0 Å². The van der Waals surface area contributed by atoms with Crippen LogP contribution in [-0.4, -0.2) is 6.71 Å². The van der Waals surface area contributed by atoms with Gasteiger partial charge in [-0.3, -0.25) is 0 Å². The van der Waals surface area contributed by atoms with Gasteiger partial charge in [0.25, 0.3) is 6.71 Å². The smallest absolute Gasteiger partial charge is 0.297 e. The molecule has 0 saturated heterocycles. The number of anilines is 9. The Hall–Kier alpha value is -7.44. The number of benzene rings is 8. The first kappa shape index (κ1) is 57.0. The van der Waals surface area contributed by atoms with E-state index in [-0.39, 0.29) is 50.0 Å². The van der Waals surface area contributed by atoms with E-state index in [4.69, 9.17) is 8.83 Å². The average Bonchev–Trinajstić information content (AvgIpc) is 1.15. The molecule has 0 N–H and O–H groups in total. The van der Waals surface area contributed by atoms with Crippen molar-refractivity contribution in [2.45, 2.75) is 206 Å². The van der Waals surface area contributed by atoms with Gasteiger partial charge in [-0.25, -0.2) is 0 Å². The van der Waals surface area contributed by atoms with Crippen molar-refractivity contribution in [3.8, 4) is 0 Å². The van der Waals surface area contributed by atoms with Crippen LogP contribution in [0.1, 0.15) is 208 Å². The predicted octanol–water partition coefficient (Wildman–Crippen LogP) is 21.5. The molecule has 0 amide bonds. The van der Waals surface area contributed by atoms with Gasteiger partial charge < -0.3 is 23.5 Å². The quantitative estimate of drug-likeness (QED) is 0.161. The van der Waals surface area contributed by atoms with Gasteiger partial charge in [0.1, 0.15) is 16.7 Å². The number of nitrogens with zero attached hydrogens (tertiary/aromatic N) is 3. The Morgan fingerprint density at radius 1 is 0.375 bits per heavy atom. The first-order chi connectivity index (χ1) is 41.3. The third kappa shape index (κ3) is 8.59. The topological polar surface area (TPSA) is 36.0 Å². The lowest BCUT2D eigenvalue weighted by Crippen LogP contribution is -2.61. The molecule has 4 heterocycles. The zero-order valence-electron chi connectivity index (χ0n) is 55.8. The number of rotatable bonds is 5. The second kappa shape index (κ2) is 18.6. The van der Waals surface area contributed by atoms with Gasteiger partial charge in [0, 0.05) is 56.0 Å². The summed E-state index contributed by atoms with van der Waals surface area (Å²) in [5.74, 6) is 0. The Bertz CT molecular complexity index is 4560. The van der Waals surface area contributed by atoms with E-state index in [0.717, 1.165) is 106 Å². The molecule has 2 aliphatic heterocycles. The Balaban J connectivity index is 1.11. The van der Waals surface area contributed by atoms with Crippen molar-refractivity contribution >= 4 is 107 Å². The van der Waals surface area contributed by atoms with E-state index in [2.05, 4.69) is 285 Å². The summed E-state index contributed by atoms with van der Waals surface area (Å²) in [5.41, 5.74) is 27.7. The van der Waals surface area contributed by atoms with E-state index in [0.29, 0.717) is 0 Å². The van der Waals surface area contributed by atoms with Crippen LogP contribution in [0.25, 0.3) is 32.9 Å². The van der Waals surface area contributed by atoms with Crippen molar-refractivity contribution in [1.29, 1.82) is 0 Å². The molecule has 0 fully saturated rings. The first-order valence-electron chi connectivity index (χ1n) is 33.0. The normalized spacial score (nSPS) is 19.0. The highest BCUT2D eigenvalue weighted by Gasteiger charge is 2.51. The minimum Gasteiger partial charge on any atom is -0.468 e. The maximum Gasteiger partial charge on any atom is 0.297 e. The standard InChI is InChI=1S/C82H90BN3O2/c1-75(2,3)49-23-26-51(27-24-49)84(52-30-34-70-58(42-52)56-21-19-20-22-69(56)87-70)55-45-67-72-68(46-55)86(54-29-33-60-62(44-54)80(13,14)38-36-78(60,9)10)73-57-31-25-50(76(4,5)6)41-71(57)88-74(73)83(72)65-47-63-64(82(17,18)40-39-81(63,15)16)48-66(65)85(67)53-28-32-59-61(43-53)79(11,12)37-35-77(59,7)8/h19-34,41-48H,35-40H2,1-18H3. The molecule has 2 aromatic heterocycles. The van der Waals surface area contributed by atoms with E-state index in [9.17, 15) is 0 Å². The third-order valence-corrected chi connectivity index (χ3v) is 22.5. The molecule has 448 valence electrons. The summed E-state index contributed by atoms with van der Waals surface area (Å²) in [4.78, 5) is 7.88. The van der Waals surface area contributed by atoms with Crippen LogP contribution in [0.4, 0.5) is 51.2 Å². The minimum absolute atomic E-state index is 0.0161. The maximum atomic E-state index is 7.82. The second-order valence-corrected chi connectivity index (χ2v) is 33.4. The Kier molecular flexibility index (Phi) is 12.0. The molecule has 0 bridgehead atoms. The summed E-state index contributed by atoms with van der Waals surface area (Å²) in [6.07, 6.45) is 6.80. The fourth-order valence-electron chi connectivity index (χ4n) is 16.5. The first-order valence-corrected chi connectivity index (χ1v) is 33.0. The summed E-state index contributed by atoms with van der Waals surface area (Å²) in [6, 6.07) is 57.3. The van der Waals surface area contributed by atoms with Gasteiger partial charge in [-0.2, -0.15) is 0 Å².